The van der Waals surface area contributed by atoms with Gasteiger partial charge in [-0.25, -0.2) is 0 Å². The van der Waals surface area contributed by atoms with E-state index in [-0.39, 0.29) is 21.7 Å². The molecular formula is C14H7ClN4O5S. The number of hydrogen-bond donors (Lipinski definition) is 0. The maximum atomic E-state index is 11.1. The molecule has 0 bridgehead atoms. The van der Waals surface area contributed by atoms with Gasteiger partial charge in [-0.05, 0) is 30.0 Å². The minimum atomic E-state index is -0.708. The largest absolute Gasteiger partial charge is 0.411 e. The van der Waals surface area contributed by atoms with E-state index in [2.05, 4.69) is 10.2 Å². The Labute approximate surface area is 148 Å². The van der Waals surface area contributed by atoms with Crippen molar-refractivity contribution in [3.8, 4) is 11.5 Å². The number of benzene rings is 2. The van der Waals surface area contributed by atoms with Crippen molar-refractivity contribution in [2.24, 2.45) is 0 Å². The third-order valence-electron chi connectivity index (χ3n) is 3.06. The highest BCUT2D eigenvalue weighted by Crippen LogP contribution is 2.37. The average Bonchev–Trinajstić information content (AvgIpc) is 3.03. The second-order valence-corrected chi connectivity index (χ2v) is 6.02. The Morgan fingerprint density at radius 3 is 2.48 bits per heavy atom. The highest BCUT2D eigenvalue weighted by Gasteiger charge is 2.22. The summed E-state index contributed by atoms with van der Waals surface area (Å²) >= 11 is 6.89. The summed E-state index contributed by atoms with van der Waals surface area (Å²) in [5, 5.41) is 30.1. The van der Waals surface area contributed by atoms with Gasteiger partial charge in [0.25, 0.3) is 16.6 Å². The first-order valence-corrected chi connectivity index (χ1v) is 7.84. The molecule has 0 fully saturated rings. The minimum Gasteiger partial charge on any atom is -0.411 e. The highest BCUT2D eigenvalue weighted by molar-refractivity contribution is 7.99. The van der Waals surface area contributed by atoms with Gasteiger partial charge >= 0.3 is 0 Å². The molecule has 0 aliphatic heterocycles. The second kappa shape index (κ2) is 6.87. The normalized spacial score (nSPS) is 10.6. The van der Waals surface area contributed by atoms with Crippen LogP contribution in [0.3, 0.4) is 0 Å². The molecule has 0 saturated heterocycles. The van der Waals surface area contributed by atoms with Crippen LogP contribution in [0.5, 0.6) is 0 Å². The molecule has 126 valence electrons. The number of nitrogens with zero attached hydrogens (tertiary/aromatic N) is 4. The van der Waals surface area contributed by atoms with Gasteiger partial charge < -0.3 is 4.42 Å². The Morgan fingerprint density at radius 2 is 1.80 bits per heavy atom. The molecule has 0 aliphatic rings. The lowest BCUT2D eigenvalue weighted by molar-refractivity contribution is -0.396. The van der Waals surface area contributed by atoms with E-state index in [9.17, 15) is 20.2 Å². The van der Waals surface area contributed by atoms with Gasteiger partial charge in [-0.3, -0.25) is 20.2 Å². The lowest BCUT2D eigenvalue weighted by Gasteiger charge is -2.00. The standard InChI is InChI=1S/C14H7ClN4O5S/c15-10-4-2-1-3-9(10)13-16-17-14(24-13)25-12-6-5-8(18(20)21)7-11(12)19(22)23/h1-7H. The maximum Gasteiger partial charge on any atom is 0.290 e. The van der Waals surface area contributed by atoms with E-state index < -0.39 is 15.5 Å². The van der Waals surface area contributed by atoms with E-state index >= 15 is 0 Å². The molecule has 25 heavy (non-hydrogen) atoms. The molecule has 1 aromatic heterocycles. The third kappa shape index (κ3) is 3.59. The van der Waals surface area contributed by atoms with Crippen molar-refractivity contribution in [2.45, 2.75) is 10.1 Å². The number of non-ortho nitro benzene ring substituents is 1. The molecule has 1 heterocycles. The van der Waals surface area contributed by atoms with Gasteiger partial charge in [-0.1, -0.05) is 23.7 Å². The minimum absolute atomic E-state index is 0.0480. The number of hydrogen-bond acceptors (Lipinski definition) is 8. The molecule has 0 radical (unpaired) electrons. The fraction of sp³-hybridized carbons (Fsp3) is 0. The number of rotatable bonds is 5. The Balaban J connectivity index is 1.92. The van der Waals surface area contributed by atoms with Gasteiger partial charge in [0.1, 0.15) is 0 Å². The number of halogens is 1. The van der Waals surface area contributed by atoms with Gasteiger partial charge in [-0.15, -0.1) is 10.2 Å². The van der Waals surface area contributed by atoms with Crippen molar-refractivity contribution in [3.05, 3.63) is 67.7 Å². The smallest absolute Gasteiger partial charge is 0.290 e. The van der Waals surface area contributed by atoms with Crippen molar-refractivity contribution in [3.63, 3.8) is 0 Å². The van der Waals surface area contributed by atoms with E-state index in [0.717, 1.165) is 17.8 Å². The van der Waals surface area contributed by atoms with Crippen molar-refractivity contribution in [1.29, 1.82) is 0 Å². The van der Waals surface area contributed by atoms with E-state index in [1.807, 2.05) is 0 Å². The van der Waals surface area contributed by atoms with Crippen molar-refractivity contribution in [2.75, 3.05) is 0 Å². The van der Waals surface area contributed by atoms with Crippen molar-refractivity contribution < 1.29 is 14.3 Å². The summed E-state index contributed by atoms with van der Waals surface area (Å²) in [6.45, 7) is 0. The van der Waals surface area contributed by atoms with Crippen LogP contribution in [0.4, 0.5) is 11.4 Å². The monoisotopic (exact) mass is 378 g/mol. The molecule has 3 rings (SSSR count). The van der Waals surface area contributed by atoms with Crippen molar-refractivity contribution in [1.82, 2.24) is 10.2 Å². The van der Waals surface area contributed by atoms with Crippen LogP contribution in [-0.2, 0) is 0 Å². The quantitative estimate of drug-likeness (QED) is 0.473. The molecule has 0 atom stereocenters. The molecule has 0 amide bonds. The zero-order chi connectivity index (χ0) is 18.0. The van der Waals surface area contributed by atoms with Crippen LogP contribution in [0.25, 0.3) is 11.5 Å². The Morgan fingerprint density at radius 1 is 1.04 bits per heavy atom. The number of aromatic nitrogens is 2. The molecule has 0 saturated carbocycles. The first kappa shape index (κ1) is 16.9. The van der Waals surface area contributed by atoms with E-state index in [1.54, 1.807) is 24.3 Å². The van der Waals surface area contributed by atoms with Crippen LogP contribution in [-0.4, -0.2) is 20.0 Å². The van der Waals surface area contributed by atoms with Crippen LogP contribution in [0.1, 0.15) is 0 Å². The Hall–Kier alpha value is -2.98. The van der Waals surface area contributed by atoms with Gasteiger partial charge in [0.15, 0.2) is 0 Å². The fourth-order valence-electron chi connectivity index (χ4n) is 1.94. The molecule has 0 aliphatic carbocycles. The van der Waals surface area contributed by atoms with Gasteiger partial charge in [0, 0.05) is 6.07 Å². The van der Waals surface area contributed by atoms with Crippen LogP contribution in [0.15, 0.2) is 57.0 Å². The van der Waals surface area contributed by atoms with Crippen LogP contribution in [0.2, 0.25) is 5.02 Å². The number of nitro groups is 2. The van der Waals surface area contributed by atoms with Gasteiger partial charge in [-0.2, -0.15) is 0 Å². The first-order valence-electron chi connectivity index (χ1n) is 6.65. The van der Waals surface area contributed by atoms with E-state index in [0.29, 0.717) is 10.6 Å². The van der Waals surface area contributed by atoms with Gasteiger partial charge in [0.05, 0.1) is 31.4 Å². The molecule has 0 spiro atoms. The maximum absolute atomic E-state index is 11.1. The predicted octanol–water partition coefficient (Wildman–Crippen LogP) is 4.36. The summed E-state index contributed by atoms with van der Waals surface area (Å²) in [6, 6.07) is 10.2. The summed E-state index contributed by atoms with van der Waals surface area (Å²) in [7, 11) is 0. The summed E-state index contributed by atoms with van der Waals surface area (Å²) in [4.78, 5) is 20.6. The van der Waals surface area contributed by atoms with Crippen LogP contribution in [0, 0.1) is 20.2 Å². The molecule has 11 heteroatoms. The summed E-state index contributed by atoms with van der Waals surface area (Å²) in [5.74, 6) is 0.165. The average molecular weight is 379 g/mol. The fourth-order valence-corrected chi connectivity index (χ4v) is 2.92. The highest BCUT2D eigenvalue weighted by atomic mass is 35.5. The molecule has 2 aromatic carbocycles. The lowest BCUT2D eigenvalue weighted by Crippen LogP contribution is -1.94. The SMILES string of the molecule is O=[N+]([O-])c1ccc(Sc2nnc(-c3ccccc3Cl)o2)c([N+](=O)[O-])c1. The van der Waals surface area contributed by atoms with Gasteiger partial charge in [0.2, 0.25) is 5.89 Å². The zero-order valence-corrected chi connectivity index (χ0v) is 13.7. The predicted molar refractivity (Wildman–Crippen MR) is 88.6 cm³/mol. The summed E-state index contributed by atoms with van der Waals surface area (Å²) in [5.41, 5.74) is -0.267. The topological polar surface area (TPSA) is 125 Å². The zero-order valence-electron chi connectivity index (χ0n) is 12.2. The molecule has 0 unspecified atom stereocenters. The second-order valence-electron chi connectivity index (χ2n) is 4.62. The summed E-state index contributed by atoms with van der Waals surface area (Å²) in [6.07, 6.45) is 0. The molecular weight excluding hydrogens is 372 g/mol. The summed E-state index contributed by atoms with van der Waals surface area (Å²) < 4.78 is 5.47. The third-order valence-corrected chi connectivity index (χ3v) is 4.29. The van der Waals surface area contributed by atoms with Crippen LogP contribution >= 0.6 is 23.4 Å². The van der Waals surface area contributed by atoms with E-state index in [1.165, 1.54) is 12.1 Å². The number of nitro benzene ring substituents is 2. The lowest BCUT2D eigenvalue weighted by atomic mass is 10.2. The Bertz CT molecular complexity index is 977. The van der Waals surface area contributed by atoms with Crippen LogP contribution < -0.4 is 0 Å². The molecule has 3 aromatic rings. The Kier molecular flexibility index (Phi) is 4.63. The molecule has 9 nitrogen and oxygen atoms in total. The van der Waals surface area contributed by atoms with Crippen molar-refractivity contribution >= 4 is 34.7 Å². The van der Waals surface area contributed by atoms with E-state index in [4.69, 9.17) is 16.0 Å². The molecule has 0 N–H and O–H groups in total. The first-order chi connectivity index (χ1) is 12.0.